The summed E-state index contributed by atoms with van der Waals surface area (Å²) in [5.74, 6) is 0. The molecule has 2 aromatic rings. The molecule has 0 saturated carbocycles. The van der Waals surface area contributed by atoms with Crippen molar-refractivity contribution in [3.63, 3.8) is 0 Å². The topological polar surface area (TPSA) is 18.5 Å². The van der Waals surface area contributed by atoms with Crippen molar-refractivity contribution in [2.45, 2.75) is 6.10 Å². The molecule has 2 aromatic carbocycles. The molecule has 3 heteroatoms. The lowest BCUT2D eigenvalue weighted by atomic mass is 9.79. The summed E-state index contributed by atoms with van der Waals surface area (Å²) in [6.45, 7) is 0.615. The molecule has 1 fully saturated rings. The predicted octanol–water partition coefficient (Wildman–Crippen LogP) is 2.17. The van der Waals surface area contributed by atoms with Crippen molar-refractivity contribution in [3.05, 3.63) is 66.2 Å². The minimum Gasteiger partial charge on any atom is -0.404 e. The normalized spacial score (nSPS) is 19.5. The molecule has 1 saturated heterocycles. The first kappa shape index (κ1) is 10.6. The van der Waals surface area contributed by atoms with Gasteiger partial charge in [-0.05, 0) is 11.0 Å². The van der Waals surface area contributed by atoms with Crippen LogP contribution in [0.3, 0.4) is 0 Å². The monoisotopic (exact) mass is 224 g/mol. The zero-order chi connectivity index (χ0) is 11.5. The van der Waals surface area contributed by atoms with E-state index in [-0.39, 0.29) is 13.2 Å². The van der Waals surface area contributed by atoms with Crippen LogP contribution < -0.4 is 5.46 Å². The zero-order valence-corrected chi connectivity index (χ0v) is 9.45. The highest BCUT2D eigenvalue weighted by Gasteiger charge is 2.33. The summed E-state index contributed by atoms with van der Waals surface area (Å²) in [6.07, 6.45) is 0.0430. The molecular weight excluding hydrogens is 211 g/mol. The quantitative estimate of drug-likeness (QED) is 0.728. The van der Waals surface area contributed by atoms with Gasteiger partial charge in [0.2, 0.25) is 0 Å². The summed E-state index contributed by atoms with van der Waals surface area (Å²) in [5.41, 5.74) is 2.25. The largest absolute Gasteiger partial charge is 0.494 e. The molecule has 0 N–H and O–H groups in total. The van der Waals surface area contributed by atoms with Gasteiger partial charge in [-0.25, -0.2) is 0 Å². The van der Waals surface area contributed by atoms with Crippen LogP contribution in [-0.2, 0) is 9.31 Å². The smallest absolute Gasteiger partial charge is 0.404 e. The van der Waals surface area contributed by atoms with Gasteiger partial charge < -0.3 is 9.31 Å². The third-order valence-corrected chi connectivity index (χ3v) is 2.93. The molecular formula is C14H13BO2. The molecule has 2 nitrogen and oxygen atoms in total. The second-order valence-corrected chi connectivity index (χ2v) is 4.11. The standard InChI is InChI=1S/C14H13BO2/c1-3-7-12(8-4-1)14-11-16-15(17-14)13-9-5-2-6-10-13/h1-10,14H,11H2/t14-/m0/s1. The highest BCUT2D eigenvalue weighted by Crippen LogP contribution is 2.24. The van der Waals surface area contributed by atoms with Crippen LogP contribution in [0.4, 0.5) is 0 Å². The Morgan fingerprint density at radius 2 is 1.53 bits per heavy atom. The van der Waals surface area contributed by atoms with E-state index in [4.69, 9.17) is 9.31 Å². The van der Waals surface area contributed by atoms with Crippen molar-refractivity contribution < 1.29 is 9.31 Å². The van der Waals surface area contributed by atoms with Gasteiger partial charge in [0, 0.05) is 0 Å². The second-order valence-electron chi connectivity index (χ2n) is 4.11. The number of hydrogen-bond acceptors (Lipinski definition) is 2. The fourth-order valence-corrected chi connectivity index (χ4v) is 2.03. The Morgan fingerprint density at radius 1 is 0.882 bits per heavy atom. The highest BCUT2D eigenvalue weighted by molar-refractivity contribution is 6.61. The van der Waals surface area contributed by atoms with E-state index in [1.54, 1.807) is 0 Å². The van der Waals surface area contributed by atoms with Crippen molar-refractivity contribution in [2.24, 2.45) is 0 Å². The van der Waals surface area contributed by atoms with Crippen LogP contribution in [0.5, 0.6) is 0 Å². The van der Waals surface area contributed by atoms with E-state index in [9.17, 15) is 0 Å². The number of hydrogen-bond donors (Lipinski definition) is 0. The summed E-state index contributed by atoms with van der Waals surface area (Å²) in [6, 6.07) is 20.2. The third kappa shape index (κ3) is 2.26. The van der Waals surface area contributed by atoms with E-state index < -0.39 is 0 Å². The first-order valence-electron chi connectivity index (χ1n) is 5.80. The van der Waals surface area contributed by atoms with Gasteiger partial charge in [0.05, 0.1) is 12.7 Å². The third-order valence-electron chi connectivity index (χ3n) is 2.93. The highest BCUT2D eigenvalue weighted by atomic mass is 16.6. The van der Waals surface area contributed by atoms with Gasteiger partial charge >= 0.3 is 7.12 Å². The van der Waals surface area contributed by atoms with Crippen LogP contribution in [0.2, 0.25) is 0 Å². The van der Waals surface area contributed by atoms with Crippen LogP contribution in [0.15, 0.2) is 60.7 Å². The Hall–Kier alpha value is -1.58. The summed E-state index contributed by atoms with van der Waals surface area (Å²) in [5, 5.41) is 0. The lowest BCUT2D eigenvalue weighted by Gasteiger charge is -2.09. The van der Waals surface area contributed by atoms with Crippen molar-refractivity contribution in [3.8, 4) is 0 Å². The maximum Gasteiger partial charge on any atom is 0.494 e. The molecule has 0 radical (unpaired) electrons. The Morgan fingerprint density at radius 3 is 2.24 bits per heavy atom. The molecule has 0 aliphatic carbocycles. The molecule has 0 aromatic heterocycles. The summed E-state index contributed by atoms with van der Waals surface area (Å²) in [4.78, 5) is 0. The minimum atomic E-state index is -0.235. The lowest BCUT2D eigenvalue weighted by molar-refractivity contribution is 0.241. The van der Waals surface area contributed by atoms with E-state index in [1.165, 1.54) is 5.56 Å². The maximum absolute atomic E-state index is 5.91. The van der Waals surface area contributed by atoms with Crippen LogP contribution in [0.1, 0.15) is 11.7 Å². The molecule has 0 bridgehead atoms. The summed E-state index contributed by atoms with van der Waals surface area (Å²) < 4.78 is 11.6. The Balaban J connectivity index is 1.75. The summed E-state index contributed by atoms with van der Waals surface area (Å²) in [7, 11) is -0.235. The fraction of sp³-hybridized carbons (Fsp3) is 0.143. The van der Waals surface area contributed by atoms with Gasteiger partial charge in [0.15, 0.2) is 0 Å². The van der Waals surface area contributed by atoms with Crippen LogP contribution in [0, 0.1) is 0 Å². The van der Waals surface area contributed by atoms with Crippen molar-refractivity contribution in [1.82, 2.24) is 0 Å². The zero-order valence-electron chi connectivity index (χ0n) is 9.45. The Labute approximate surface area is 101 Å². The average molecular weight is 224 g/mol. The lowest BCUT2D eigenvalue weighted by Crippen LogP contribution is -2.31. The van der Waals surface area contributed by atoms with E-state index >= 15 is 0 Å². The molecule has 17 heavy (non-hydrogen) atoms. The van der Waals surface area contributed by atoms with Gasteiger partial charge in [0.1, 0.15) is 0 Å². The molecule has 0 amide bonds. The SMILES string of the molecule is c1ccc(B2OC[C@@H](c3ccccc3)O2)cc1. The van der Waals surface area contributed by atoms with Gasteiger partial charge in [-0.3, -0.25) is 0 Å². The molecule has 1 aliphatic rings. The van der Waals surface area contributed by atoms with Crippen LogP contribution >= 0.6 is 0 Å². The molecule has 84 valence electrons. The Kier molecular flexibility index (Phi) is 2.95. The van der Waals surface area contributed by atoms with Crippen molar-refractivity contribution in [1.29, 1.82) is 0 Å². The predicted molar refractivity (Wildman–Crippen MR) is 68.1 cm³/mol. The number of rotatable bonds is 2. The molecule has 1 heterocycles. The van der Waals surface area contributed by atoms with E-state index in [1.807, 2.05) is 48.5 Å². The fourth-order valence-electron chi connectivity index (χ4n) is 2.03. The molecule has 0 spiro atoms. The maximum atomic E-state index is 5.91. The van der Waals surface area contributed by atoms with Gasteiger partial charge in [-0.2, -0.15) is 0 Å². The Bertz CT molecular complexity index is 427. The van der Waals surface area contributed by atoms with Crippen molar-refractivity contribution in [2.75, 3.05) is 6.61 Å². The molecule has 0 unspecified atom stereocenters. The van der Waals surface area contributed by atoms with E-state index in [0.717, 1.165) is 5.46 Å². The van der Waals surface area contributed by atoms with Gasteiger partial charge in [-0.1, -0.05) is 60.7 Å². The first-order chi connectivity index (χ1) is 8.43. The first-order valence-corrected chi connectivity index (χ1v) is 5.80. The van der Waals surface area contributed by atoms with Crippen LogP contribution in [-0.4, -0.2) is 13.7 Å². The number of benzene rings is 2. The minimum absolute atomic E-state index is 0.0430. The van der Waals surface area contributed by atoms with Crippen LogP contribution in [0.25, 0.3) is 0 Å². The molecule has 1 aliphatic heterocycles. The second kappa shape index (κ2) is 4.74. The van der Waals surface area contributed by atoms with E-state index in [0.29, 0.717) is 6.61 Å². The molecule has 3 rings (SSSR count). The summed E-state index contributed by atoms with van der Waals surface area (Å²) >= 11 is 0. The average Bonchev–Trinajstić information content (AvgIpc) is 2.90. The van der Waals surface area contributed by atoms with Crippen molar-refractivity contribution >= 4 is 12.6 Å². The molecule has 1 atom stereocenters. The van der Waals surface area contributed by atoms with E-state index in [2.05, 4.69) is 12.1 Å². The van der Waals surface area contributed by atoms with Gasteiger partial charge in [0.25, 0.3) is 0 Å². The van der Waals surface area contributed by atoms with Gasteiger partial charge in [-0.15, -0.1) is 0 Å².